The van der Waals surface area contributed by atoms with Crippen molar-refractivity contribution in [3.05, 3.63) is 60.7 Å². The number of hydrogen-bond acceptors (Lipinski definition) is 3. The molecule has 0 bridgehead atoms. The fourth-order valence-corrected chi connectivity index (χ4v) is 7.57. The molecule has 0 radical (unpaired) electrons. The normalized spacial score (nSPS) is 18.9. The van der Waals surface area contributed by atoms with Crippen LogP contribution in [0, 0.1) is 0 Å². The molecule has 0 aromatic heterocycles. The van der Waals surface area contributed by atoms with Crippen LogP contribution in [0.3, 0.4) is 0 Å². The molecule has 4 heteroatoms. The highest BCUT2D eigenvalue weighted by molar-refractivity contribution is 6.98. The second kappa shape index (κ2) is 7.83. The van der Waals surface area contributed by atoms with E-state index in [2.05, 4.69) is 43.4 Å². The maximum absolute atomic E-state index is 12.1. The van der Waals surface area contributed by atoms with Crippen LogP contribution in [-0.2, 0) is 4.74 Å². The van der Waals surface area contributed by atoms with Gasteiger partial charge in [-0.25, -0.2) is 0 Å². The predicted molar refractivity (Wildman–Crippen MR) is 106 cm³/mol. The van der Waals surface area contributed by atoms with Gasteiger partial charge in [-0.15, -0.1) is 0 Å². The molecule has 1 fully saturated rings. The average molecular weight is 356 g/mol. The highest BCUT2D eigenvalue weighted by Crippen LogP contribution is 2.40. The van der Waals surface area contributed by atoms with E-state index < -0.39 is 8.32 Å². The van der Waals surface area contributed by atoms with Crippen LogP contribution in [0.5, 0.6) is 0 Å². The van der Waals surface area contributed by atoms with Crippen molar-refractivity contribution in [3.8, 4) is 0 Å². The van der Waals surface area contributed by atoms with Crippen molar-refractivity contribution >= 4 is 18.7 Å². The summed E-state index contributed by atoms with van der Waals surface area (Å²) in [7, 11) is -2.89. The Bertz CT molecular complexity index is 615. The van der Waals surface area contributed by atoms with E-state index >= 15 is 0 Å². The van der Waals surface area contributed by atoms with Crippen molar-refractivity contribution in [2.24, 2.45) is 0 Å². The Morgan fingerprint density at radius 2 is 1.60 bits per heavy atom. The molecule has 1 aliphatic heterocycles. The van der Waals surface area contributed by atoms with Gasteiger partial charge in [-0.3, -0.25) is 0 Å². The number of ether oxygens (including phenoxy) is 1. The summed E-state index contributed by atoms with van der Waals surface area (Å²) in [5, 5.41) is 5.35. The smallest absolute Gasteiger partial charge is 0.258 e. The molecule has 3 nitrogen and oxygen atoms in total. The third-order valence-corrected chi connectivity index (χ3v) is 10.0. The van der Waals surface area contributed by atoms with E-state index in [9.17, 15) is 4.80 Å². The highest BCUT2D eigenvalue weighted by atomic mass is 28.4. The largest absolute Gasteiger partial charge is 0.424 e. The van der Waals surface area contributed by atoms with Gasteiger partial charge < -0.3 is 14.8 Å². The molecule has 0 aliphatic carbocycles. The lowest BCUT2D eigenvalue weighted by Crippen LogP contribution is -2.65. The fraction of sp³-hybridized carbons (Fsp3) is 0.429. The maximum atomic E-state index is 12.1. The number of hydrogen-bond donors (Lipinski definition) is 2. The lowest BCUT2D eigenvalue weighted by molar-refractivity contribution is 0.0206. The van der Waals surface area contributed by atoms with Gasteiger partial charge in [-0.1, -0.05) is 74.5 Å². The van der Waals surface area contributed by atoms with Gasteiger partial charge in [0.1, 0.15) is 0 Å². The summed E-state index contributed by atoms with van der Waals surface area (Å²) in [6, 6.07) is 20.5. The van der Waals surface area contributed by atoms with E-state index in [1.165, 1.54) is 0 Å². The van der Waals surface area contributed by atoms with Crippen LogP contribution in [0.2, 0.25) is 5.04 Å². The Morgan fingerprint density at radius 3 is 2.08 bits per heavy atom. The Balaban J connectivity index is 1.90. The van der Waals surface area contributed by atoms with Gasteiger partial charge in [-0.2, -0.15) is 0 Å². The zero-order chi connectivity index (χ0) is 17.8. The number of nitrogens with one attached hydrogen (secondary N) is 1. The van der Waals surface area contributed by atoms with E-state index in [1.807, 2.05) is 36.4 Å². The molecule has 2 aromatic carbocycles. The third kappa shape index (κ3) is 3.87. The van der Waals surface area contributed by atoms with Crippen LogP contribution in [0.15, 0.2) is 60.7 Å². The second-order valence-electron chi connectivity index (χ2n) is 7.56. The van der Waals surface area contributed by atoms with E-state index in [-0.39, 0.29) is 11.1 Å². The fourth-order valence-electron chi connectivity index (χ4n) is 3.81. The summed E-state index contributed by atoms with van der Waals surface area (Å²) in [6.07, 6.45) is 2.15. The van der Waals surface area contributed by atoms with E-state index in [4.69, 9.17) is 4.74 Å². The summed E-state index contributed by atoms with van der Waals surface area (Å²) < 4.78 is 5.87. The predicted octanol–water partition coefficient (Wildman–Crippen LogP) is 2.29. The molecule has 134 valence electrons. The molecule has 1 saturated heterocycles. The Morgan fingerprint density at radius 1 is 1.04 bits per heavy atom. The average Bonchev–Trinajstić information content (AvgIpc) is 2.68. The minimum Gasteiger partial charge on any atom is -0.424 e. The van der Waals surface area contributed by atoms with E-state index in [1.54, 1.807) is 0 Å². The number of morpholine rings is 1. The lowest BCUT2D eigenvalue weighted by atomic mass is 10.0. The summed E-state index contributed by atoms with van der Waals surface area (Å²) >= 11 is 0. The monoisotopic (exact) mass is 355 g/mol. The van der Waals surface area contributed by atoms with Crippen molar-refractivity contribution < 1.29 is 9.53 Å². The second-order valence-corrected chi connectivity index (χ2v) is 11.5. The summed E-state index contributed by atoms with van der Waals surface area (Å²) in [5.74, 6) is 0. The Labute approximate surface area is 152 Å². The molecule has 3 rings (SSSR count). The zero-order valence-corrected chi connectivity index (χ0v) is 16.2. The van der Waals surface area contributed by atoms with Gasteiger partial charge in [-0.05, 0) is 28.3 Å². The quantitative estimate of drug-likeness (QED) is 0.781. The van der Waals surface area contributed by atoms with Gasteiger partial charge in [0, 0.05) is 13.1 Å². The molecule has 2 N–H and O–H groups in total. The van der Waals surface area contributed by atoms with Crippen LogP contribution in [0.1, 0.15) is 26.7 Å². The molecule has 25 heavy (non-hydrogen) atoms. The first-order chi connectivity index (χ1) is 12.0. The molecule has 0 saturated carbocycles. The zero-order valence-electron chi connectivity index (χ0n) is 15.2. The van der Waals surface area contributed by atoms with E-state index in [0.29, 0.717) is 0 Å². The highest BCUT2D eigenvalue weighted by Gasteiger charge is 2.49. The first-order valence-electron chi connectivity index (χ1n) is 9.20. The van der Waals surface area contributed by atoms with Crippen LogP contribution >= 0.6 is 0 Å². The van der Waals surface area contributed by atoms with Gasteiger partial charge in [0.05, 0.1) is 12.7 Å². The van der Waals surface area contributed by atoms with Crippen LogP contribution in [0.4, 0.5) is 0 Å². The summed E-state index contributed by atoms with van der Waals surface area (Å²) in [5.41, 5.74) is 0. The van der Waals surface area contributed by atoms with Crippen molar-refractivity contribution in [2.75, 3.05) is 19.7 Å². The molecule has 2 aromatic rings. The molecule has 1 atom stereocenters. The van der Waals surface area contributed by atoms with Gasteiger partial charge in [0.25, 0.3) is 8.32 Å². The number of benzene rings is 2. The summed E-state index contributed by atoms with van der Waals surface area (Å²) in [6.45, 7) is 7.06. The van der Waals surface area contributed by atoms with Gasteiger partial charge in [0.2, 0.25) is 0 Å². The van der Waals surface area contributed by atoms with Crippen LogP contribution in [0.25, 0.3) is 0 Å². The molecule has 1 heterocycles. The minimum absolute atomic E-state index is 0.198. The molecular weight excluding hydrogens is 326 g/mol. The van der Waals surface area contributed by atoms with E-state index in [0.717, 1.165) is 42.9 Å². The lowest BCUT2D eigenvalue weighted by Gasteiger charge is -2.42. The van der Waals surface area contributed by atoms with Crippen molar-refractivity contribution in [2.45, 2.75) is 37.8 Å². The minimum atomic E-state index is -2.89. The van der Waals surface area contributed by atoms with Crippen molar-refractivity contribution in [1.29, 1.82) is 0 Å². The Hall–Kier alpha value is -1.46. The Kier molecular flexibility index (Phi) is 5.74. The molecule has 0 spiro atoms. The van der Waals surface area contributed by atoms with Crippen LogP contribution < -0.4 is 15.7 Å². The van der Waals surface area contributed by atoms with Crippen molar-refractivity contribution in [3.63, 3.8) is 0 Å². The standard InChI is InChI=1S/C21H29NO2Si/c1-21(2,14-13-18-17-22-15-16-24-18)25(23,19-9-5-3-6-10-19)20-11-7-4-8-12-20/h3-12,18,22-23H,13-17H2,1-2H3/t18-/m0/s1. The summed E-state index contributed by atoms with van der Waals surface area (Å²) in [4.78, 5) is 12.1. The van der Waals surface area contributed by atoms with Gasteiger partial charge >= 0.3 is 0 Å². The topological polar surface area (TPSA) is 41.5 Å². The molecule has 0 unspecified atom stereocenters. The first-order valence-corrected chi connectivity index (χ1v) is 11.1. The van der Waals surface area contributed by atoms with Crippen LogP contribution in [-0.4, -0.2) is 38.9 Å². The maximum Gasteiger partial charge on any atom is 0.258 e. The molecule has 0 amide bonds. The first kappa shape index (κ1) is 18.3. The number of rotatable bonds is 6. The molecular formula is C21H29NO2Si. The SMILES string of the molecule is CC(C)(CC[C@H]1CNCCO1)[Si](O)(c1ccccc1)c1ccccc1. The van der Waals surface area contributed by atoms with Gasteiger partial charge in [0.15, 0.2) is 0 Å². The molecule has 1 aliphatic rings. The van der Waals surface area contributed by atoms with Crippen molar-refractivity contribution in [1.82, 2.24) is 5.32 Å². The third-order valence-electron chi connectivity index (χ3n) is 5.46.